The third kappa shape index (κ3) is 13.8. The van der Waals surface area contributed by atoms with Gasteiger partial charge in [0.05, 0.1) is 22.4 Å². The summed E-state index contributed by atoms with van der Waals surface area (Å²) >= 11 is 1.18. The van der Waals surface area contributed by atoms with Crippen molar-refractivity contribution in [3.8, 4) is 11.8 Å². The number of nitrogens with one attached hydrogen (secondary N) is 2. The summed E-state index contributed by atoms with van der Waals surface area (Å²) in [6.07, 6.45) is 10.4. The number of Topliss-reactive ketones (excluding diaryl/α,β-unsaturated/α-hetero) is 2. The average Bonchev–Trinajstić information content (AvgIpc) is 3.62. The molecule has 1 heterocycles. The van der Waals surface area contributed by atoms with Crippen molar-refractivity contribution >= 4 is 62.9 Å². The van der Waals surface area contributed by atoms with E-state index < -0.39 is 23.5 Å². The highest BCUT2D eigenvalue weighted by Gasteiger charge is 2.66. The number of hydrogen-bond donors (Lipinski definition) is 5. The van der Waals surface area contributed by atoms with Gasteiger partial charge in [0.25, 0.3) is 0 Å². The fourth-order valence-corrected chi connectivity index (χ4v) is 16.4. The fraction of sp³-hybridized carbons (Fsp3) is 0.698. The first-order valence-corrected chi connectivity index (χ1v) is 30.6. The molecule has 4 amide bonds. The maximum Gasteiger partial charge on any atom is 0.415 e. The Morgan fingerprint density at radius 3 is 2.31 bits per heavy atom. The average molecular weight is 1140 g/mol. The molecule has 11 atom stereocenters. The molecule has 0 bridgehead atoms. The first-order valence-electron chi connectivity index (χ1n) is 29.8. The Kier molecular flexibility index (Phi) is 20.2. The number of carbonyl (C=O) groups excluding carboxylic acids is 6. The molecule has 5 aliphatic rings. The summed E-state index contributed by atoms with van der Waals surface area (Å²) in [5.41, 5.74) is 1.23. The van der Waals surface area contributed by atoms with Crippen molar-refractivity contribution in [1.82, 2.24) is 25.4 Å². The van der Waals surface area contributed by atoms with E-state index in [0.717, 1.165) is 51.4 Å². The van der Waals surface area contributed by atoms with Gasteiger partial charge < -0.3 is 40.5 Å². The fourth-order valence-electron chi connectivity index (χ4n) is 15.6. The van der Waals surface area contributed by atoms with Crippen molar-refractivity contribution in [3.63, 3.8) is 0 Å². The summed E-state index contributed by atoms with van der Waals surface area (Å²) in [7, 11) is 1.62. The van der Waals surface area contributed by atoms with Gasteiger partial charge in [-0.1, -0.05) is 48.0 Å². The molecule has 1 aromatic carbocycles. The van der Waals surface area contributed by atoms with Crippen LogP contribution in [0.1, 0.15) is 183 Å². The summed E-state index contributed by atoms with van der Waals surface area (Å²) in [5, 5.41) is 47.7. The Bertz CT molecular complexity index is 2830. The van der Waals surface area contributed by atoms with Gasteiger partial charge in [-0.2, -0.15) is 5.26 Å². The third-order valence-electron chi connectivity index (χ3n) is 20.6. The summed E-state index contributed by atoms with van der Waals surface area (Å²) in [5.74, 6) is -0.151. The molecule has 0 saturated heterocycles. The monoisotopic (exact) mass is 1140 g/mol. The molecule has 0 spiro atoms. The Labute approximate surface area is 483 Å². The number of aliphatic carboxylic acids is 1. The summed E-state index contributed by atoms with van der Waals surface area (Å²) < 4.78 is 6.48. The van der Waals surface area contributed by atoms with E-state index in [9.17, 15) is 54.1 Å². The number of carbonyl (C=O) groups is 7. The lowest BCUT2D eigenvalue weighted by atomic mass is 9.39. The van der Waals surface area contributed by atoms with E-state index in [4.69, 9.17) is 4.74 Å². The summed E-state index contributed by atoms with van der Waals surface area (Å²) in [6, 6.07) is 5.92. The molecular formula is C63H90N6O11S. The number of benzene rings is 1. The van der Waals surface area contributed by atoms with E-state index in [0.29, 0.717) is 95.3 Å². The number of aromatic nitrogens is 1. The van der Waals surface area contributed by atoms with Crippen LogP contribution >= 0.6 is 11.3 Å². The number of allylic oxidation sites excluding steroid dienone is 4. The second-order valence-corrected chi connectivity index (χ2v) is 27.2. The normalized spacial score (nSPS) is 28.1. The Morgan fingerprint density at radius 2 is 1.59 bits per heavy atom. The molecule has 81 heavy (non-hydrogen) atoms. The number of rotatable bonds is 24. The van der Waals surface area contributed by atoms with E-state index >= 15 is 0 Å². The Morgan fingerprint density at radius 1 is 0.864 bits per heavy atom. The number of nitrogens with zero attached hydrogens (tertiary/aromatic N) is 4. The van der Waals surface area contributed by atoms with E-state index in [-0.39, 0.29) is 126 Å². The maximum absolute atomic E-state index is 13.7. The van der Waals surface area contributed by atoms with Crippen LogP contribution in [0.2, 0.25) is 0 Å². The molecule has 4 fully saturated rings. The predicted molar refractivity (Wildman–Crippen MR) is 310 cm³/mol. The lowest BCUT2D eigenvalue weighted by Crippen LogP contribution is -2.62. The third-order valence-corrected chi connectivity index (χ3v) is 21.5. The quantitative estimate of drug-likeness (QED) is 0.0485. The Hall–Kier alpha value is -5.51. The molecule has 7 rings (SSSR count). The van der Waals surface area contributed by atoms with Crippen molar-refractivity contribution < 1.29 is 53.6 Å². The van der Waals surface area contributed by atoms with E-state index in [1.165, 1.54) is 21.1 Å². The van der Waals surface area contributed by atoms with Crippen molar-refractivity contribution in [1.29, 1.82) is 5.26 Å². The summed E-state index contributed by atoms with van der Waals surface area (Å²) in [4.78, 5) is 99.3. The molecule has 1 aromatic heterocycles. The molecule has 17 nitrogen and oxygen atoms in total. The first-order chi connectivity index (χ1) is 38.1. The molecule has 5 N–H and O–H groups in total. The smallest absolute Gasteiger partial charge is 0.415 e. The minimum atomic E-state index is -1.09. The molecule has 4 saturated carbocycles. The number of carboxylic acids is 1. The number of aliphatic hydroxyl groups is 2. The van der Waals surface area contributed by atoms with Crippen molar-refractivity contribution in [3.05, 3.63) is 45.5 Å². The van der Waals surface area contributed by atoms with Crippen LogP contribution in [0.4, 0.5) is 4.79 Å². The SMILES string of the molecule is CC1=C(C)C(=O)C(C(C)(C)CC(=O)N(C)CCN(CCCCCC(=O)NCCCCC(NC(=O)CC[C@@H](C)[C@H]2CC[C@H]3[C@@H]4[C@H](O)C[C@]5(C)C[C@H](O)CC[C@]5(C)[C@H]4CC[C@]23C)C(=O)O)C(=O)Oc2ccc3nc(C#N)sc3c2)=C(C)C1=O. The van der Waals surface area contributed by atoms with Gasteiger partial charge in [-0.3, -0.25) is 24.0 Å². The van der Waals surface area contributed by atoms with Crippen molar-refractivity contribution in [2.45, 2.75) is 196 Å². The number of aliphatic hydroxyl groups excluding tert-OH is 2. The van der Waals surface area contributed by atoms with Crippen LogP contribution in [0.15, 0.2) is 40.5 Å². The minimum absolute atomic E-state index is 0.0426. The van der Waals surface area contributed by atoms with E-state index in [2.05, 4.69) is 43.3 Å². The lowest BCUT2D eigenvalue weighted by Gasteiger charge is -2.66. The topological polar surface area (TPSA) is 257 Å². The molecular weight excluding hydrogens is 1050 g/mol. The number of hydrogen-bond acceptors (Lipinski definition) is 13. The van der Waals surface area contributed by atoms with Crippen LogP contribution in [0.3, 0.4) is 0 Å². The standard InChI is InChI=1S/C63H90N6O11S/c1-37(43-20-21-44-54-45(25-26-62(43,44)8)63(9)27-24-41(70)33-61(63,7)34-48(54)71)18-23-51(73)66-47(58(77)78)16-13-14-28-65-50(72)17-12-11-15-29-69(59(79)80-42-19-22-46-49(32-42)81-52(36-64)67-46)31-30-68(10)53(74)35-60(5,6)55-40(4)56(75)38(2)39(3)57(55)76/h19,22,32,37,41,43-45,47-48,54,70-71H,11-18,20-21,23-31,33-35H2,1-10H3,(H,65,72)(H,66,73)(H,77,78)/t37-,41-,43-,44+,45+,47?,48-,54+,61+,62-,63-/m1/s1. The van der Waals surface area contributed by atoms with Gasteiger partial charge in [-0.15, -0.1) is 11.3 Å². The highest BCUT2D eigenvalue weighted by molar-refractivity contribution is 7.19. The van der Waals surface area contributed by atoms with Gasteiger partial charge in [0.15, 0.2) is 16.6 Å². The van der Waals surface area contributed by atoms with Crippen molar-refractivity contribution in [2.24, 2.45) is 51.2 Å². The number of amides is 4. The molecule has 5 aliphatic carbocycles. The number of nitriles is 1. The van der Waals surface area contributed by atoms with Gasteiger partial charge in [-0.25, -0.2) is 14.6 Å². The zero-order chi connectivity index (χ0) is 59.4. The second kappa shape index (κ2) is 26.0. The molecule has 0 aliphatic heterocycles. The number of thiazole rings is 1. The van der Waals surface area contributed by atoms with Gasteiger partial charge >= 0.3 is 12.1 Å². The maximum atomic E-state index is 13.7. The first kappa shape index (κ1) is 63.1. The van der Waals surface area contributed by atoms with Crippen LogP contribution in [-0.2, 0) is 28.8 Å². The van der Waals surface area contributed by atoms with Gasteiger partial charge in [0.1, 0.15) is 17.9 Å². The number of fused-ring (bicyclic) bond motifs is 6. The largest absolute Gasteiger partial charge is 0.480 e. The second-order valence-electron chi connectivity index (χ2n) is 26.2. The molecule has 1 unspecified atom stereocenters. The van der Waals surface area contributed by atoms with Crippen LogP contribution < -0.4 is 15.4 Å². The van der Waals surface area contributed by atoms with Gasteiger partial charge in [-0.05, 0) is 169 Å². The minimum Gasteiger partial charge on any atom is -0.480 e. The number of unbranched alkanes of at least 4 members (excludes halogenated alkanes) is 3. The van der Waals surface area contributed by atoms with Crippen LogP contribution in [0, 0.1) is 62.6 Å². The van der Waals surface area contributed by atoms with Gasteiger partial charge in [0.2, 0.25) is 17.7 Å². The molecule has 0 radical (unpaired) electrons. The highest BCUT2D eigenvalue weighted by Crippen LogP contribution is 2.71. The van der Waals surface area contributed by atoms with Gasteiger partial charge in [0, 0.05) is 86.3 Å². The zero-order valence-corrected chi connectivity index (χ0v) is 50.5. The molecule has 18 heteroatoms. The highest BCUT2D eigenvalue weighted by atomic mass is 32.1. The number of likely N-dealkylation sites (N-methyl/N-ethyl adjacent to an activating group) is 1. The lowest BCUT2D eigenvalue weighted by molar-refractivity contribution is -0.210. The number of carboxylic acid groups (broad SMARTS) is 1. The Balaban J connectivity index is 0.820. The van der Waals surface area contributed by atoms with Crippen molar-refractivity contribution in [2.75, 3.05) is 33.2 Å². The number of ether oxygens (including phenoxy) is 1. The van der Waals surface area contributed by atoms with E-state index in [1.807, 2.05) is 6.07 Å². The summed E-state index contributed by atoms with van der Waals surface area (Å²) in [6.45, 7) is 18.7. The van der Waals surface area contributed by atoms with E-state index in [1.54, 1.807) is 59.9 Å². The van der Waals surface area contributed by atoms with Crippen LogP contribution in [0.25, 0.3) is 10.2 Å². The number of ketones is 2. The predicted octanol–water partition coefficient (Wildman–Crippen LogP) is 9.86. The van der Waals surface area contributed by atoms with Crippen LogP contribution in [-0.4, -0.2) is 123 Å². The van der Waals surface area contributed by atoms with Crippen LogP contribution in [0.5, 0.6) is 5.75 Å². The zero-order valence-electron chi connectivity index (χ0n) is 49.7. The molecule has 444 valence electrons. The molecule has 2 aromatic rings.